The van der Waals surface area contributed by atoms with Crippen LogP contribution in [0, 0.1) is 0 Å². The van der Waals surface area contributed by atoms with Crippen LogP contribution in [0.3, 0.4) is 0 Å². The van der Waals surface area contributed by atoms with Gasteiger partial charge in [-0.25, -0.2) is 13.1 Å². The summed E-state index contributed by atoms with van der Waals surface area (Å²) in [5.74, 6) is -0.0228. The molecule has 104 valence electrons. The Bertz CT molecular complexity index is 557. The third kappa shape index (κ3) is 4.02. The first-order valence-electron chi connectivity index (χ1n) is 6.02. The van der Waals surface area contributed by atoms with Gasteiger partial charge < -0.3 is 5.32 Å². The molecule has 0 bridgehead atoms. The van der Waals surface area contributed by atoms with Crippen LogP contribution in [0.2, 0.25) is 0 Å². The van der Waals surface area contributed by atoms with Crippen LogP contribution in [0.5, 0.6) is 0 Å². The predicted octanol–water partition coefficient (Wildman–Crippen LogP) is 1.40. The molecule has 1 saturated heterocycles. The Morgan fingerprint density at radius 3 is 2.58 bits per heavy atom. The third-order valence-corrected chi connectivity index (χ3v) is 5.05. The van der Waals surface area contributed by atoms with E-state index in [1.54, 1.807) is 24.3 Å². The molecule has 19 heavy (non-hydrogen) atoms. The molecule has 1 heterocycles. The Hall–Kier alpha value is -0.920. The highest BCUT2D eigenvalue weighted by molar-refractivity contribution is 9.10. The van der Waals surface area contributed by atoms with Crippen molar-refractivity contribution in [2.24, 2.45) is 0 Å². The Labute approximate surface area is 121 Å². The van der Waals surface area contributed by atoms with Crippen LogP contribution in [0.15, 0.2) is 33.6 Å². The first kappa shape index (κ1) is 14.5. The fourth-order valence-corrected chi connectivity index (χ4v) is 3.51. The van der Waals surface area contributed by atoms with Gasteiger partial charge in [-0.2, -0.15) is 0 Å². The van der Waals surface area contributed by atoms with Gasteiger partial charge in [0.05, 0.1) is 4.90 Å². The highest BCUT2D eigenvalue weighted by atomic mass is 79.9. The topological polar surface area (TPSA) is 75.3 Å². The lowest BCUT2D eigenvalue weighted by Crippen LogP contribution is -2.35. The number of hydrogen-bond acceptors (Lipinski definition) is 3. The molecular weight excluding hydrogens is 332 g/mol. The molecule has 2 N–H and O–H groups in total. The first-order chi connectivity index (χ1) is 8.97. The normalized spacial score (nSPS) is 20.7. The summed E-state index contributed by atoms with van der Waals surface area (Å²) in [7, 11) is -3.52. The molecule has 0 saturated carbocycles. The standard InChI is InChI=1S/C12H15BrN2O3S/c13-9-1-4-11(5-2-9)19(17,18)15-10-3-6-12(16)14-8-7-10/h1-2,4-5,10,15H,3,6-8H2,(H,14,16). The van der Waals surface area contributed by atoms with E-state index in [0.29, 0.717) is 25.8 Å². The maximum Gasteiger partial charge on any atom is 0.240 e. The van der Waals surface area contributed by atoms with Gasteiger partial charge in [0.25, 0.3) is 0 Å². The summed E-state index contributed by atoms with van der Waals surface area (Å²) in [6.45, 7) is 0.506. The van der Waals surface area contributed by atoms with Crippen molar-refractivity contribution in [3.63, 3.8) is 0 Å². The Morgan fingerprint density at radius 1 is 1.21 bits per heavy atom. The molecule has 1 amide bonds. The van der Waals surface area contributed by atoms with Gasteiger partial charge in [0, 0.05) is 23.5 Å². The number of halogens is 1. The molecule has 5 nitrogen and oxygen atoms in total. The first-order valence-corrected chi connectivity index (χ1v) is 8.29. The number of nitrogens with one attached hydrogen (secondary N) is 2. The summed E-state index contributed by atoms with van der Waals surface area (Å²) in [6.07, 6.45) is 1.50. The average Bonchev–Trinajstić information content (AvgIpc) is 2.54. The number of amides is 1. The van der Waals surface area contributed by atoms with Gasteiger partial charge in [-0.05, 0) is 37.1 Å². The van der Waals surface area contributed by atoms with E-state index in [-0.39, 0.29) is 16.8 Å². The molecule has 1 aromatic rings. The van der Waals surface area contributed by atoms with Crippen LogP contribution in [0.4, 0.5) is 0 Å². The van der Waals surface area contributed by atoms with Gasteiger partial charge in [-0.1, -0.05) is 15.9 Å². The number of rotatable bonds is 3. The second-order valence-electron chi connectivity index (χ2n) is 4.45. The van der Waals surface area contributed by atoms with Gasteiger partial charge in [0.2, 0.25) is 15.9 Å². The quantitative estimate of drug-likeness (QED) is 0.868. The second kappa shape index (κ2) is 6.02. The largest absolute Gasteiger partial charge is 0.356 e. The van der Waals surface area contributed by atoms with E-state index < -0.39 is 10.0 Å². The number of hydrogen-bond donors (Lipinski definition) is 2. The lowest BCUT2D eigenvalue weighted by Gasteiger charge is -2.15. The minimum absolute atomic E-state index is 0.0228. The van der Waals surface area contributed by atoms with Crippen molar-refractivity contribution in [1.82, 2.24) is 10.0 Å². The van der Waals surface area contributed by atoms with Gasteiger partial charge in [-0.3, -0.25) is 4.79 Å². The van der Waals surface area contributed by atoms with E-state index >= 15 is 0 Å². The monoisotopic (exact) mass is 346 g/mol. The highest BCUT2D eigenvalue weighted by Crippen LogP contribution is 2.16. The number of carbonyl (C=O) groups excluding carboxylic acids is 1. The van der Waals surface area contributed by atoms with Gasteiger partial charge in [-0.15, -0.1) is 0 Å². The zero-order valence-electron chi connectivity index (χ0n) is 10.2. The van der Waals surface area contributed by atoms with E-state index in [4.69, 9.17) is 0 Å². The Morgan fingerprint density at radius 2 is 1.89 bits per heavy atom. The van der Waals surface area contributed by atoms with E-state index in [1.165, 1.54) is 0 Å². The zero-order valence-corrected chi connectivity index (χ0v) is 12.6. The fourth-order valence-electron chi connectivity index (χ4n) is 1.94. The Balaban J connectivity index is 2.08. The van der Waals surface area contributed by atoms with E-state index in [0.717, 1.165) is 4.47 Å². The number of carbonyl (C=O) groups is 1. The summed E-state index contributed by atoms with van der Waals surface area (Å²) in [5.41, 5.74) is 0. The average molecular weight is 347 g/mol. The number of sulfonamides is 1. The van der Waals surface area contributed by atoms with Crippen molar-refractivity contribution >= 4 is 31.9 Å². The summed E-state index contributed by atoms with van der Waals surface area (Å²) in [4.78, 5) is 11.4. The van der Waals surface area contributed by atoms with E-state index in [9.17, 15) is 13.2 Å². The highest BCUT2D eigenvalue weighted by Gasteiger charge is 2.22. The molecule has 1 fully saturated rings. The molecule has 0 spiro atoms. The van der Waals surface area contributed by atoms with Crippen molar-refractivity contribution in [2.75, 3.05) is 6.54 Å². The maximum absolute atomic E-state index is 12.2. The molecule has 1 aliphatic heterocycles. The van der Waals surface area contributed by atoms with Gasteiger partial charge >= 0.3 is 0 Å². The molecule has 1 aromatic carbocycles. The van der Waals surface area contributed by atoms with Crippen LogP contribution >= 0.6 is 15.9 Å². The summed E-state index contributed by atoms with van der Waals surface area (Å²) in [5, 5.41) is 2.73. The van der Waals surface area contributed by atoms with Crippen molar-refractivity contribution in [3.05, 3.63) is 28.7 Å². The predicted molar refractivity (Wildman–Crippen MR) is 75.1 cm³/mol. The van der Waals surface area contributed by atoms with Crippen LogP contribution < -0.4 is 10.0 Å². The van der Waals surface area contributed by atoms with E-state index in [1.807, 2.05) is 0 Å². The molecule has 0 radical (unpaired) electrons. The van der Waals surface area contributed by atoms with Crippen LogP contribution in [-0.2, 0) is 14.8 Å². The molecule has 1 unspecified atom stereocenters. The second-order valence-corrected chi connectivity index (χ2v) is 7.08. The van der Waals surface area contributed by atoms with Crippen LogP contribution in [-0.4, -0.2) is 26.9 Å². The molecule has 1 atom stereocenters. The van der Waals surface area contributed by atoms with Crippen LogP contribution in [0.1, 0.15) is 19.3 Å². The molecule has 2 rings (SSSR count). The summed E-state index contributed by atoms with van der Waals surface area (Å²) < 4.78 is 27.8. The molecule has 0 aromatic heterocycles. The lowest BCUT2D eigenvalue weighted by molar-refractivity contribution is -0.120. The summed E-state index contributed by atoms with van der Waals surface area (Å²) in [6, 6.07) is 6.27. The van der Waals surface area contributed by atoms with Crippen LogP contribution in [0.25, 0.3) is 0 Å². The lowest BCUT2D eigenvalue weighted by atomic mass is 10.1. The van der Waals surface area contributed by atoms with Gasteiger partial charge in [0.1, 0.15) is 0 Å². The molecule has 7 heteroatoms. The van der Waals surface area contributed by atoms with Crippen molar-refractivity contribution in [1.29, 1.82) is 0 Å². The molecule has 0 aliphatic carbocycles. The maximum atomic E-state index is 12.2. The minimum atomic E-state index is -3.52. The van der Waals surface area contributed by atoms with Gasteiger partial charge in [0.15, 0.2) is 0 Å². The zero-order chi connectivity index (χ0) is 13.9. The number of benzene rings is 1. The van der Waals surface area contributed by atoms with Crippen molar-refractivity contribution in [3.8, 4) is 0 Å². The molecular formula is C12H15BrN2O3S. The minimum Gasteiger partial charge on any atom is -0.356 e. The third-order valence-electron chi connectivity index (χ3n) is 2.98. The smallest absolute Gasteiger partial charge is 0.240 e. The molecule has 1 aliphatic rings. The van der Waals surface area contributed by atoms with Crippen molar-refractivity contribution in [2.45, 2.75) is 30.2 Å². The van der Waals surface area contributed by atoms with Crippen molar-refractivity contribution < 1.29 is 13.2 Å². The summed E-state index contributed by atoms with van der Waals surface area (Å²) >= 11 is 3.27. The Kier molecular flexibility index (Phi) is 4.59. The fraction of sp³-hybridized carbons (Fsp3) is 0.417. The van der Waals surface area contributed by atoms with E-state index in [2.05, 4.69) is 26.0 Å². The SMILES string of the molecule is O=C1CCC(NS(=O)(=O)c2ccc(Br)cc2)CCN1.